The van der Waals surface area contributed by atoms with Crippen LogP contribution in [0.5, 0.6) is 0 Å². The first-order valence-corrected chi connectivity index (χ1v) is 5.81. The molecular weight excluding hydrogens is 216 g/mol. The minimum atomic E-state index is -0.887. The van der Waals surface area contributed by atoms with Gasteiger partial charge in [0, 0.05) is 31.1 Å². The average molecular weight is 232 g/mol. The van der Waals surface area contributed by atoms with Crippen LogP contribution in [0.3, 0.4) is 0 Å². The van der Waals surface area contributed by atoms with E-state index in [0.29, 0.717) is 12.6 Å². The summed E-state index contributed by atoms with van der Waals surface area (Å²) in [6.07, 6.45) is 8.85. The summed E-state index contributed by atoms with van der Waals surface area (Å²) in [7, 11) is 0. The first kappa shape index (κ1) is 11.8. The quantitative estimate of drug-likeness (QED) is 0.805. The molecule has 0 spiro atoms. The Kier molecular flexibility index (Phi) is 3.88. The Morgan fingerprint density at radius 2 is 2.53 bits per heavy atom. The van der Waals surface area contributed by atoms with Crippen LogP contribution in [0, 0.1) is 0 Å². The van der Waals surface area contributed by atoms with Crippen molar-refractivity contribution in [3.63, 3.8) is 0 Å². The van der Waals surface area contributed by atoms with Gasteiger partial charge in [-0.15, -0.1) is 0 Å². The number of aliphatic carboxylic acids is 1. The third kappa shape index (κ3) is 3.14. The first-order valence-electron chi connectivity index (χ1n) is 5.81. The van der Waals surface area contributed by atoms with Gasteiger partial charge in [-0.2, -0.15) is 0 Å². The third-order valence-corrected chi connectivity index (χ3v) is 3.03. The number of aromatic nitrogens is 1. The lowest BCUT2D eigenvalue weighted by atomic mass is 10.1. The Morgan fingerprint density at radius 1 is 1.65 bits per heavy atom. The SMILES string of the molecule is O=C(O)C=CCN1CCC[C@H]1c1cccnc1. The summed E-state index contributed by atoms with van der Waals surface area (Å²) in [5.41, 5.74) is 1.22. The summed E-state index contributed by atoms with van der Waals surface area (Å²) < 4.78 is 0. The highest BCUT2D eigenvalue weighted by Crippen LogP contribution is 2.30. The van der Waals surface area contributed by atoms with Gasteiger partial charge in [0.05, 0.1) is 0 Å². The van der Waals surface area contributed by atoms with E-state index in [1.807, 2.05) is 12.3 Å². The van der Waals surface area contributed by atoms with Gasteiger partial charge in [-0.25, -0.2) is 4.79 Å². The number of rotatable bonds is 4. The van der Waals surface area contributed by atoms with E-state index in [4.69, 9.17) is 5.11 Å². The zero-order valence-corrected chi connectivity index (χ0v) is 9.62. The molecule has 17 heavy (non-hydrogen) atoms. The molecule has 4 heteroatoms. The summed E-state index contributed by atoms with van der Waals surface area (Å²) in [5, 5.41) is 8.56. The van der Waals surface area contributed by atoms with Crippen molar-refractivity contribution >= 4 is 5.97 Å². The van der Waals surface area contributed by atoms with Crippen molar-refractivity contribution in [1.82, 2.24) is 9.88 Å². The van der Waals surface area contributed by atoms with E-state index in [9.17, 15) is 4.79 Å². The van der Waals surface area contributed by atoms with Crippen molar-refractivity contribution in [2.24, 2.45) is 0 Å². The molecule has 1 N–H and O–H groups in total. The van der Waals surface area contributed by atoms with Crippen LogP contribution in [0.4, 0.5) is 0 Å². The van der Waals surface area contributed by atoms with Crippen molar-refractivity contribution in [1.29, 1.82) is 0 Å². The molecule has 0 radical (unpaired) electrons. The molecule has 1 aromatic heterocycles. The minimum Gasteiger partial charge on any atom is -0.478 e. The summed E-state index contributed by atoms with van der Waals surface area (Å²) in [6, 6.07) is 4.40. The third-order valence-electron chi connectivity index (χ3n) is 3.03. The molecule has 0 saturated carbocycles. The van der Waals surface area contributed by atoms with Gasteiger partial charge in [0.2, 0.25) is 0 Å². The average Bonchev–Trinajstić information content (AvgIpc) is 2.78. The van der Waals surface area contributed by atoms with E-state index in [-0.39, 0.29) is 0 Å². The van der Waals surface area contributed by atoms with Gasteiger partial charge >= 0.3 is 5.97 Å². The molecule has 1 aliphatic heterocycles. The van der Waals surface area contributed by atoms with Gasteiger partial charge < -0.3 is 5.11 Å². The van der Waals surface area contributed by atoms with E-state index in [2.05, 4.69) is 16.0 Å². The van der Waals surface area contributed by atoms with Crippen molar-refractivity contribution in [3.05, 3.63) is 42.2 Å². The molecule has 90 valence electrons. The summed E-state index contributed by atoms with van der Waals surface area (Å²) >= 11 is 0. The molecule has 2 heterocycles. The smallest absolute Gasteiger partial charge is 0.328 e. The van der Waals surface area contributed by atoms with Crippen LogP contribution in [0.25, 0.3) is 0 Å². The molecule has 1 atom stereocenters. The minimum absolute atomic E-state index is 0.377. The second-order valence-corrected chi connectivity index (χ2v) is 4.18. The van der Waals surface area contributed by atoms with E-state index in [1.54, 1.807) is 12.3 Å². The Labute approximate surface area is 101 Å². The maximum atomic E-state index is 10.4. The standard InChI is InChI=1S/C13H16N2O2/c16-13(17)6-3-9-15-8-2-5-12(15)11-4-1-7-14-10-11/h1,3-4,6-7,10,12H,2,5,8-9H2,(H,16,17)/t12-/m0/s1. The van der Waals surface area contributed by atoms with Crippen LogP contribution in [0.15, 0.2) is 36.7 Å². The number of carboxylic acids is 1. The van der Waals surface area contributed by atoms with Crippen LogP contribution < -0.4 is 0 Å². The van der Waals surface area contributed by atoms with Crippen LogP contribution in [0.2, 0.25) is 0 Å². The predicted molar refractivity (Wildman–Crippen MR) is 64.6 cm³/mol. The van der Waals surface area contributed by atoms with Gasteiger partial charge in [0.15, 0.2) is 0 Å². The number of nitrogens with zero attached hydrogens (tertiary/aromatic N) is 2. The summed E-state index contributed by atoms with van der Waals surface area (Å²) in [4.78, 5) is 16.8. The fourth-order valence-electron chi connectivity index (χ4n) is 2.28. The van der Waals surface area contributed by atoms with Crippen LogP contribution in [-0.2, 0) is 4.79 Å². The largest absolute Gasteiger partial charge is 0.478 e. The molecule has 0 aromatic carbocycles. The van der Waals surface area contributed by atoms with Crippen molar-refractivity contribution in [2.75, 3.05) is 13.1 Å². The fourth-order valence-corrected chi connectivity index (χ4v) is 2.28. The maximum Gasteiger partial charge on any atom is 0.328 e. The number of carbonyl (C=O) groups is 1. The summed E-state index contributed by atoms with van der Waals surface area (Å²) in [6.45, 7) is 1.70. The van der Waals surface area contributed by atoms with Crippen LogP contribution in [0.1, 0.15) is 24.4 Å². The Hall–Kier alpha value is -1.68. The molecule has 0 bridgehead atoms. The van der Waals surface area contributed by atoms with Gasteiger partial charge in [0.1, 0.15) is 0 Å². The van der Waals surface area contributed by atoms with Crippen molar-refractivity contribution in [2.45, 2.75) is 18.9 Å². The van der Waals surface area contributed by atoms with Crippen LogP contribution >= 0.6 is 0 Å². The highest BCUT2D eigenvalue weighted by atomic mass is 16.4. The Bertz CT molecular complexity index is 403. The van der Waals surface area contributed by atoms with Gasteiger partial charge in [-0.3, -0.25) is 9.88 Å². The Morgan fingerprint density at radius 3 is 3.24 bits per heavy atom. The molecule has 1 saturated heterocycles. The monoisotopic (exact) mass is 232 g/mol. The molecule has 0 amide bonds. The van der Waals surface area contributed by atoms with E-state index >= 15 is 0 Å². The molecule has 0 unspecified atom stereocenters. The van der Waals surface area contributed by atoms with Gasteiger partial charge in [-0.05, 0) is 31.0 Å². The molecular formula is C13H16N2O2. The Balaban J connectivity index is 2.00. The van der Waals surface area contributed by atoms with Crippen molar-refractivity contribution in [3.8, 4) is 0 Å². The van der Waals surface area contributed by atoms with Gasteiger partial charge in [-0.1, -0.05) is 12.1 Å². The normalized spacial score (nSPS) is 21.1. The molecule has 1 aliphatic rings. The topological polar surface area (TPSA) is 53.4 Å². The molecule has 2 rings (SSSR count). The second kappa shape index (κ2) is 5.59. The molecule has 0 aliphatic carbocycles. The lowest BCUT2D eigenvalue weighted by Crippen LogP contribution is -2.23. The first-order chi connectivity index (χ1) is 8.27. The molecule has 1 fully saturated rings. The predicted octanol–water partition coefficient (Wildman–Crippen LogP) is 1.86. The number of pyridine rings is 1. The molecule has 4 nitrogen and oxygen atoms in total. The van der Waals surface area contributed by atoms with E-state index in [0.717, 1.165) is 19.4 Å². The highest BCUT2D eigenvalue weighted by molar-refractivity contribution is 5.79. The number of carboxylic acid groups (broad SMARTS) is 1. The fraction of sp³-hybridized carbons (Fsp3) is 0.385. The van der Waals surface area contributed by atoms with Gasteiger partial charge in [0.25, 0.3) is 0 Å². The van der Waals surface area contributed by atoms with E-state index < -0.39 is 5.97 Å². The zero-order chi connectivity index (χ0) is 12.1. The zero-order valence-electron chi connectivity index (χ0n) is 9.62. The van der Waals surface area contributed by atoms with Crippen molar-refractivity contribution < 1.29 is 9.90 Å². The summed E-state index contributed by atoms with van der Waals surface area (Å²) in [5.74, 6) is -0.887. The van der Waals surface area contributed by atoms with E-state index in [1.165, 1.54) is 11.6 Å². The lowest BCUT2D eigenvalue weighted by molar-refractivity contribution is -0.131. The molecule has 1 aromatic rings. The maximum absolute atomic E-state index is 10.4. The highest BCUT2D eigenvalue weighted by Gasteiger charge is 2.24. The number of hydrogen-bond acceptors (Lipinski definition) is 3. The lowest BCUT2D eigenvalue weighted by Gasteiger charge is -2.22. The number of likely N-dealkylation sites (tertiary alicyclic amines) is 1. The second-order valence-electron chi connectivity index (χ2n) is 4.18. The number of hydrogen-bond donors (Lipinski definition) is 1. The van der Waals surface area contributed by atoms with Crippen LogP contribution in [-0.4, -0.2) is 34.0 Å².